The molecule has 0 atom stereocenters. The summed E-state index contributed by atoms with van der Waals surface area (Å²) in [7, 11) is 1.62. The summed E-state index contributed by atoms with van der Waals surface area (Å²) in [5, 5.41) is 0. The van der Waals surface area contributed by atoms with Crippen LogP contribution in [0.1, 0.15) is 44.7 Å². The van der Waals surface area contributed by atoms with Gasteiger partial charge >= 0.3 is 0 Å². The second-order valence-electron chi connectivity index (χ2n) is 7.51. The molecule has 1 aromatic carbocycles. The Kier molecular flexibility index (Phi) is 5.52. The smallest absolute Gasteiger partial charge is 0.227 e. The van der Waals surface area contributed by atoms with Gasteiger partial charge in [0.15, 0.2) is 0 Å². The van der Waals surface area contributed by atoms with Crippen molar-refractivity contribution >= 4 is 11.8 Å². The maximum absolute atomic E-state index is 12.6. The zero-order valence-electron chi connectivity index (χ0n) is 15.1. The molecular weight excluding hydrogens is 304 g/mol. The number of rotatable bonds is 4. The van der Waals surface area contributed by atoms with E-state index in [1.807, 2.05) is 17.0 Å². The number of hydrogen-bond acceptors (Lipinski definition) is 3. The van der Waals surface area contributed by atoms with Crippen LogP contribution in [0.3, 0.4) is 0 Å². The van der Waals surface area contributed by atoms with Gasteiger partial charge in [0.1, 0.15) is 5.75 Å². The first-order valence-electron chi connectivity index (χ1n) is 8.47. The highest BCUT2D eigenvalue weighted by Gasteiger charge is 2.26. The minimum Gasteiger partial charge on any atom is -0.496 e. The molecule has 5 heteroatoms. The van der Waals surface area contributed by atoms with Gasteiger partial charge in [-0.1, -0.05) is 32.9 Å². The summed E-state index contributed by atoms with van der Waals surface area (Å²) in [5.74, 6) is 0.445. The zero-order valence-corrected chi connectivity index (χ0v) is 15.1. The first-order chi connectivity index (χ1) is 11.2. The largest absolute Gasteiger partial charge is 0.496 e. The van der Waals surface area contributed by atoms with Crippen molar-refractivity contribution in [2.24, 2.45) is 11.7 Å². The second kappa shape index (κ2) is 7.24. The maximum Gasteiger partial charge on any atom is 0.227 e. The average molecular weight is 332 g/mol. The monoisotopic (exact) mass is 332 g/mol. The molecule has 2 rings (SSSR count). The summed E-state index contributed by atoms with van der Waals surface area (Å²) >= 11 is 0. The number of hydrogen-bond donors (Lipinski definition) is 1. The Morgan fingerprint density at radius 3 is 2.38 bits per heavy atom. The van der Waals surface area contributed by atoms with Crippen molar-refractivity contribution in [3.05, 3.63) is 29.3 Å². The number of carbonyl (C=O) groups is 2. The van der Waals surface area contributed by atoms with Gasteiger partial charge in [-0.05, 0) is 29.9 Å². The van der Waals surface area contributed by atoms with Crippen molar-refractivity contribution in [2.75, 3.05) is 20.2 Å². The molecule has 1 saturated heterocycles. The van der Waals surface area contributed by atoms with Crippen LogP contribution in [0, 0.1) is 5.92 Å². The first kappa shape index (κ1) is 18.3. The molecule has 2 N–H and O–H groups in total. The van der Waals surface area contributed by atoms with Crippen molar-refractivity contribution in [1.29, 1.82) is 0 Å². The number of ether oxygens (including phenoxy) is 1. The molecule has 0 aromatic heterocycles. The Morgan fingerprint density at radius 2 is 1.88 bits per heavy atom. The highest BCUT2D eigenvalue weighted by atomic mass is 16.5. The van der Waals surface area contributed by atoms with E-state index in [1.54, 1.807) is 7.11 Å². The molecule has 0 radical (unpaired) electrons. The quantitative estimate of drug-likeness (QED) is 0.919. The van der Waals surface area contributed by atoms with Gasteiger partial charge in [-0.15, -0.1) is 0 Å². The van der Waals surface area contributed by atoms with Crippen LogP contribution in [0.25, 0.3) is 0 Å². The third-order valence-electron chi connectivity index (χ3n) is 4.74. The molecule has 0 saturated carbocycles. The fourth-order valence-corrected chi connectivity index (χ4v) is 3.07. The SMILES string of the molecule is COc1ccc(C(C)(C)C)cc1CC(=O)N1CCC(C(N)=O)CC1. The van der Waals surface area contributed by atoms with Crippen molar-refractivity contribution in [1.82, 2.24) is 4.90 Å². The third kappa shape index (κ3) is 4.28. The summed E-state index contributed by atoms with van der Waals surface area (Å²) in [6.45, 7) is 7.63. The fourth-order valence-electron chi connectivity index (χ4n) is 3.07. The summed E-state index contributed by atoms with van der Waals surface area (Å²) < 4.78 is 5.42. The summed E-state index contributed by atoms with van der Waals surface area (Å²) in [4.78, 5) is 25.7. The molecule has 1 aromatic rings. The van der Waals surface area contributed by atoms with Crippen molar-refractivity contribution in [2.45, 2.75) is 45.4 Å². The fraction of sp³-hybridized carbons (Fsp3) is 0.579. The van der Waals surface area contributed by atoms with Crippen LogP contribution in [0.4, 0.5) is 0 Å². The lowest BCUT2D eigenvalue weighted by molar-refractivity contribution is -0.134. The van der Waals surface area contributed by atoms with Gasteiger partial charge in [0.05, 0.1) is 13.5 Å². The van der Waals surface area contributed by atoms with E-state index in [4.69, 9.17) is 10.5 Å². The standard InChI is InChI=1S/C19H28N2O3/c1-19(2,3)15-5-6-16(24-4)14(11-15)12-17(22)21-9-7-13(8-10-21)18(20)23/h5-6,11,13H,7-10,12H2,1-4H3,(H2,20,23). The van der Waals surface area contributed by atoms with E-state index >= 15 is 0 Å². The molecule has 132 valence electrons. The minimum atomic E-state index is -0.262. The highest BCUT2D eigenvalue weighted by Crippen LogP contribution is 2.29. The van der Waals surface area contributed by atoms with Crippen molar-refractivity contribution < 1.29 is 14.3 Å². The lowest BCUT2D eigenvalue weighted by atomic mass is 9.85. The molecule has 2 amide bonds. The number of nitrogens with two attached hydrogens (primary N) is 1. The van der Waals surface area contributed by atoms with Gasteiger partial charge in [0, 0.05) is 24.6 Å². The molecule has 0 unspecified atom stereocenters. The van der Waals surface area contributed by atoms with E-state index in [0.717, 1.165) is 11.3 Å². The van der Waals surface area contributed by atoms with E-state index < -0.39 is 0 Å². The maximum atomic E-state index is 12.6. The van der Waals surface area contributed by atoms with E-state index in [9.17, 15) is 9.59 Å². The summed E-state index contributed by atoms with van der Waals surface area (Å²) in [5.41, 5.74) is 7.45. The number of methoxy groups -OCH3 is 1. The van der Waals surface area contributed by atoms with Gasteiger partial charge in [0.25, 0.3) is 0 Å². The number of primary amides is 1. The van der Waals surface area contributed by atoms with E-state index in [1.165, 1.54) is 5.56 Å². The van der Waals surface area contributed by atoms with Crippen LogP contribution in [0.2, 0.25) is 0 Å². The Hall–Kier alpha value is -2.04. The number of nitrogens with zero attached hydrogens (tertiary/aromatic N) is 1. The van der Waals surface area contributed by atoms with Crippen LogP contribution in [-0.2, 0) is 21.4 Å². The molecular formula is C19H28N2O3. The van der Waals surface area contributed by atoms with E-state index in [-0.39, 0.29) is 23.1 Å². The van der Waals surface area contributed by atoms with Crippen molar-refractivity contribution in [3.63, 3.8) is 0 Å². The first-order valence-corrected chi connectivity index (χ1v) is 8.47. The second-order valence-corrected chi connectivity index (χ2v) is 7.51. The zero-order chi connectivity index (χ0) is 17.9. The molecule has 0 spiro atoms. The van der Waals surface area contributed by atoms with Gasteiger partial charge in [0.2, 0.25) is 11.8 Å². The van der Waals surface area contributed by atoms with Gasteiger partial charge in [-0.3, -0.25) is 9.59 Å². The summed E-state index contributed by atoms with van der Waals surface area (Å²) in [6, 6.07) is 6.04. The molecule has 0 aliphatic carbocycles. The summed E-state index contributed by atoms with van der Waals surface area (Å²) in [6.07, 6.45) is 1.62. The van der Waals surface area contributed by atoms with Crippen LogP contribution in [0.5, 0.6) is 5.75 Å². The minimum absolute atomic E-state index is 0.0178. The Balaban J connectivity index is 2.10. The van der Waals surface area contributed by atoms with Gasteiger partial charge in [-0.2, -0.15) is 0 Å². The number of carbonyl (C=O) groups excluding carboxylic acids is 2. The number of piperidine rings is 1. The van der Waals surface area contributed by atoms with Gasteiger partial charge < -0.3 is 15.4 Å². The molecule has 1 aliphatic rings. The topological polar surface area (TPSA) is 72.6 Å². The number of likely N-dealkylation sites (tertiary alicyclic amines) is 1. The lowest BCUT2D eigenvalue weighted by Gasteiger charge is -2.31. The average Bonchev–Trinajstić information content (AvgIpc) is 2.54. The molecule has 5 nitrogen and oxygen atoms in total. The highest BCUT2D eigenvalue weighted by molar-refractivity contribution is 5.81. The number of benzene rings is 1. The third-order valence-corrected chi connectivity index (χ3v) is 4.74. The lowest BCUT2D eigenvalue weighted by Crippen LogP contribution is -2.42. The predicted molar refractivity (Wildman–Crippen MR) is 93.9 cm³/mol. The Bertz CT molecular complexity index is 612. The van der Waals surface area contributed by atoms with Crippen molar-refractivity contribution in [3.8, 4) is 5.75 Å². The predicted octanol–water partition coefficient (Wildman–Crippen LogP) is 2.26. The van der Waals surface area contributed by atoms with Crippen LogP contribution < -0.4 is 10.5 Å². The molecule has 1 heterocycles. The van der Waals surface area contributed by atoms with Crippen LogP contribution >= 0.6 is 0 Å². The van der Waals surface area contributed by atoms with Crippen LogP contribution in [-0.4, -0.2) is 36.9 Å². The number of amides is 2. The van der Waals surface area contributed by atoms with E-state index in [2.05, 4.69) is 26.8 Å². The normalized spacial score (nSPS) is 16.1. The van der Waals surface area contributed by atoms with Gasteiger partial charge in [-0.25, -0.2) is 0 Å². The molecule has 0 bridgehead atoms. The Labute approximate surface area is 144 Å². The van der Waals surface area contributed by atoms with Crippen LogP contribution in [0.15, 0.2) is 18.2 Å². The molecule has 1 aliphatic heterocycles. The molecule has 1 fully saturated rings. The molecule has 24 heavy (non-hydrogen) atoms. The van der Waals surface area contributed by atoms with E-state index in [0.29, 0.717) is 32.4 Å². The Morgan fingerprint density at radius 1 is 1.25 bits per heavy atom.